The highest BCUT2D eigenvalue weighted by Gasteiger charge is 2.34. The predicted octanol–water partition coefficient (Wildman–Crippen LogP) is 3.27. The van der Waals surface area contributed by atoms with E-state index >= 15 is 0 Å². The fourth-order valence-electron chi connectivity index (χ4n) is 3.69. The van der Waals surface area contributed by atoms with Gasteiger partial charge in [0.05, 0.1) is 16.8 Å². The van der Waals surface area contributed by atoms with Gasteiger partial charge in [-0.1, -0.05) is 18.2 Å². The number of aryl methyl sites for hydroxylation is 2. The van der Waals surface area contributed by atoms with Crippen molar-refractivity contribution >= 4 is 33.1 Å². The van der Waals surface area contributed by atoms with Crippen molar-refractivity contribution in [3.8, 4) is 0 Å². The van der Waals surface area contributed by atoms with Gasteiger partial charge in [0.15, 0.2) is 11.6 Å². The first-order valence-electron chi connectivity index (χ1n) is 9.17. The Bertz CT molecular complexity index is 916. The van der Waals surface area contributed by atoms with Gasteiger partial charge in [0.25, 0.3) is 5.91 Å². The zero-order chi connectivity index (χ0) is 18.1. The lowest BCUT2D eigenvalue weighted by atomic mass is 10.1. The molecular weight excluding hydrogens is 342 g/mol. The number of carbonyl (C=O) groups excluding carboxylic acids is 1. The van der Waals surface area contributed by atoms with Gasteiger partial charge in [0, 0.05) is 18.5 Å². The van der Waals surface area contributed by atoms with Crippen molar-refractivity contribution in [2.24, 2.45) is 0 Å². The number of para-hydroxylation sites is 1. The maximum Gasteiger partial charge on any atom is 0.279 e. The Labute approximate surface area is 157 Å². The maximum absolute atomic E-state index is 12.6. The first-order chi connectivity index (χ1) is 12.6. The van der Waals surface area contributed by atoms with Gasteiger partial charge in [0.1, 0.15) is 6.04 Å². The molecule has 1 amide bonds. The maximum atomic E-state index is 12.6. The van der Waals surface area contributed by atoms with Gasteiger partial charge in [-0.25, -0.2) is 4.98 Å². The summed E-state index contributed by atoms with van der Waals surface area (Å²) >= 11 is 1.77. The summed E-state index contributed by atoms with van der Waals surface area (Å²) < 4.78 is 1.23. The summed E-state index contributed by atoms with van der Waals surface area (Å²) in [5.41, 5.74) is 4.39. The molecule has 3 aromatic rings. The summed E-state index contributed by atoms with van der Waals surface area (Å²) in [6.45, 7) is 5.67. The molecule has 1 saturated heterocycles. The smallest absolute Gasteiger partial charge is 0.279 e. The van der Waals surface area contributed by atoms with Crippen LogP contribution in [0.4, 0.5) is 5.69 Å². The number of amides is 1. The van der Waals surface area contributed by atoms with Gasteiger partial charge >= 0.3 is 0 Å². The van der Waals surface area contributed by atoms with Crippen LogP contribution in [0.25, 0.3) is 10.2 Å². The molecule has 1 unspecified atom stereocenters. The molecule has 1 fully saturated rings. The molecule has 0 bridgehead atoms. The van der Waals surface area contributed by atoms with Crippen molar-refractivity contribution in [2.45, 2.75) is 32.7 Å². The first-order valence-corrected chi connectivity index (χ1v) is 9.99. The second-order valence-corrected chi connectivity index (χ2v) is 8.21. The summed E-state index contributed by atoms with van der Waals surface area (Å²) in [5.74, 6) is 0.0799. The number of benzene rings is 2. The number of nitrogens with one attached hydrogen (secondary N) is 2. The lowest BCUT2D eigenvalue weighted by Gasteiger charge is -2.19. The number of rotatable bonds is 4. The molecule has 2 N–H and O–H groups in total. The van der Waals surface area contributed by atoms with Crippen molar-refractivity contribution in [1.82, 2.24) is 4.98 Å². The molecular formula is C21H24N3OS+. The molecule has 1 aliphatic heterocycles. The SMILES string of the molecule is Cc1ccc(NC(=O)C[NH+]2CCC[C@H]2c2nc3ccccc3s2)cc1C. The number of hydrogen-bond acceptors (Lipinski definition) is 3. The van der Waals surface area contributed by atoms with Crippen molar-refractivity contribution in [1.29, 1.82) is 0 Å². The Morgan fingerprint density at radius 3 is 2.88 bits per heavy atom. The van der Waals surface area contributed by atoms with E-state index in [4.69, 9.17) is 4.98 Å². The Morgan fingerprint density at radius 2 is 2.08 bits per heavy atom. The van der Waals surface area contributed by atoms with Crippen molar-refractivity contribution in [2.75, 3.05) is 18.4 Å². The van der Waals surface area contributed by atoms with Crippen LogP contribution in [0.5, 0.6) is 0 Å². The molecule has 2 aromatic carbocycles. The van der Waals surface area contributed by atoms with Crippen LogP contribution in [-0.4, -0.2) is 24.0 Å². The number of carbonyl (C=O) groups is 1. The largest absolute Gasteiger partial charge is 0.321 e. The third-order valence-corrected chi connectivity index (χ3v) is 6.42. The minimum absolute atomic E-state index is 0.0799. The molecule has 1 aromatic heterocycles. The summed E-state index contributed by atoms with van der Waals surface area (Å²) in [6, 6.07) is 14.7. The number of aromatic nitrogens is 1. The molecule has 0 saturated carbocycles. The molecule has 4 rings (SSSR count). The third kappa shape index (κ3) is 3.50. The third-order valence-electron chi connectivity index (χ3n) is 5.27. The Balaban J connectivity index is 1.46. The van der Waals surface area contributed by atoms with E-state index in [1.807, 2.05) is 18.2 Å². The van der Waals surface area contributed by atoms with Crippen molar-refractivity contribution < 1.29 is 9.69 Å². The summed E-state index contributed by atoms with van der Waals surface area (Å²) in [4.78, 5) is 18.7. The number of thiazole rings is 1. The molecule has 2 heterocycles. The quantitative estimate of drug-likeness (QED) is 0.744. The normalized spacial score (nSPS) is 19.8. The van der Waals surface area contributed by atoms with E-state index in [0.29, 0.717) is 12.6 Å². The van der Waals surface area contributed by atoms with Crippen LogP contribution in [0.15, 0.2) is 42.5 Å². The molecule has 4 nitrogen and oxygen atoms in total. The van der Waals surface area contributed by atoms with Crippen LogP contribution >= 0.6 is 11.3 Å². The molecule has 5 heteroatoms. The molecule has 1 aliphatic rings. The van der Waals surface area contributed by atoms with Crippen LogP contribution in [-0.2, 0) is 4.79 Å². The Hall–Kier alpha value is -2.24. The number of hydrogen-bond donors (Lipinski definition) is 2. The zero-order valence-electron chi connectivity index (χ0n) is 15.2. The lowest BCUT2D eigenvalue weighted by molar-refractivity contribution is -0.910. The van der Waals surface area contributed by atoms with E-state index in [1.165, 1.54) is 20.7 Å². The average molecular weight is 367 g/mol. The van der Waals surface area contributed by atoms with Crippen LogP contribution < -0.4 is 10.2 Å². The van der Waals surface area contributed by atoms with Gasteiger partial charge in [-0.05, 0) is 49.2 Å². The van der Waals surface area contributed by atoms with Crippen LogP contribution in [0.1, 0.15) is 35.0 Å². The predicted molar refractivity (Wildman–Crippen MR) is 107 cm³/mol. The van der Waals surface area contributed by atoms with Crippen molar-refractivity contribution in [3.63, 3.8) is 0 Å². The van der Waals surface area contributed by atoms with Gasteiger partial charge in [-0.3, -0.25) is 4.79 Å². The second-order valence-electron chi connectivity index (χ2n) is 7.15. The molecule has 134 valence electrons. The standard InChI is InChI=1S/C21H23N3OS/c1-14-9-10-16(12-15(14)2)22-20(25)13-24-11-5-7-18(24)21-23-17-6-3-4-8-19(17)26-21/h3-4,6,8-10,12,18H,5,7,11,13H2,1-2H3,(H,22,25)/p+1/t18-/m0/s1. The summed E-state index contributed by atoms with van der Waals surface area (Å²) in [7, 11) is 0. The highest BCUT2D eigenvalue weighted by Crippen LogP contribution is 2.28. The van der Waals surface area contributed by atoms with Gasteiger partial charge < -0.3 is 10.2 Å². The minimum Gasteiger partial charge on any atom is -0.321 e. The highest BCUT2D eigenvalue weighted by atomic mass is 32.1. The van der Waals surface area contributed by atoms with Crippen LogP contribution in [0.3, 0.4) is 0 Å². The average Bonchev–Trinajstić information content (AvgIpc) is 3.24. The monoisotopic (exact) mass is 366 g/mol. The van der Waals surface area contributed by atoms with Crippen LogP contribution in [0, 0.1) is 13.8 Å². The fraction of sp³-hybridized carbons (Fsp3) is 0.333. The van der Waals surface area contributed by atoms with Gasteiger partial charge in [-0.2, -0.15) is 0 Å². The summed E-state index contributed by atoms with van der Waals surface area (Å²) in [6.07, 6.45) is 2.25. The van der Waals surface area contributed by atoms with E-state index < -0.39 is 0 Å². The Kier molecular flexibility index (Phi) is 4.74. The molecule has 0 radical (unpaired) electrons. The zero-order valence-corrected chi connectivity index (χ0v) is 16.0. The van der Waals surface area contributed by atoms with Gasteiger partial charge in [-0.15, -0.1) is 11.3 Å². The van der Waals surface area contributed by atoms with Crippen molar-refractivity contribution in [3.05, 3.63) is 58.6 Å². The Morgan fingerprint density at radius 1 is 1.23 bits per heavy atom. The second kappa shape index (κ2) is 7.17. The number of nitrogens with zero attached hydrogens (tertiary/aromatic N) is 1. The molecule has 0 aliphatic carbocycles. The lowest BCUT2D eigenvalue weighted by Crippen LogP contribution is -3.11. The molecule has 2 atom stereocenters. The van der Waals surface area contributed by atoms with E-state index in [-0.39, 0.29) is 5.91 Å². The molecule has 26 heavy (non-hydrogen) atoms. The van der Waals surface area contributed by atoms with Crippen LogP contribution in [0.2, 0.25) is 0 Å². The van der Waals surface area contributed by atoms with E-state index in [1.54, 1.807) is 11.3 Å². The highest BCUT2D eigenvalue weighted by molar-refractivity contribution is 7.18. The first kappa shape index (κ1) is 17.2. The minimum atomic E-state index is 0.0799. The van der Waals surface area contributed by atoms with E-state index in [2.05, 4.69) is 43.4 Å². The van der Waals surface area contributed by atoms with E-state index in [9.17, 15) is 4.79 Å². The van der Waals surface area contributed by atoms with E-state index in [0.717, 1.165) is 35.6 Å². The number of anilines is 1. The number of quaternary nitrogens is 1. The topological polar surface area (TPSA) is 46.4 Å². The summed E-state index contributed by atoms with van der Waals surface area (Å²) in [5, 5.41) is 4.22. The number of fused-ring (bicyclic) bond motifs is 1. The fourth-order valence-corrected chi connectivity index (χ4v) is 4.85. The van der Waals surface area contributed by atoms with Gasteiger partial charge in [0.2, 0.25) is 0 Å². The molecule has 0 spiro atoms. The number of likely N-dealkylation sites (tertiary alicyclic amines) is 1.